The highest BCUT2D eigenvalue weighted by Gasteiger charge is 2.55. The van der Waals surface area contributed by atoms with Crippen LogP contribution in [0.3, 0.4) is 0 Å². The quantitative estimate of drug-likeness (QED) is 0.483. The van der Waals surface area contributed by atoms with Crippen molar-refractivity contribution in [2.75, 3.05) is 13.2 Å². The number of hydrogen-bond acceptors (Lipinski definition) is 2. The van der Waals surface area contributed by atoms with Gasteiger partial charge in [0.2, 0.25) is 0 Å². The lowest BCUT2D eigenvalue weighted by atomic mass is 9.90. The van der Waals surface area contributed by atoms with E-state index in [9.17, 15) is 0 Å². The highest BCUT2D eigenvalue weighted by atomic mass is 28.4. The van der Waals surface area contributed by atoms with Crippen LogP contribution in [-0.4, -0.2) is 21.8 Å². The Morgan fingerprint density at radius 2 is 1.74 bits per heavy atom. The summed E-state index contributed by atoms with van der Waals surface area (Å²) in [6, 6.07) is 0. The van der Waals surface area contributed by atoms with E-state index < -0.39 is 8.56 Å². The number of hydrogen-bond donors (Lipinski definition) is 0. The fraction of sp³-hybridized carbons (Fsp3) is 1.00. The van der Waals surface area contributed by atoms with Crippen LogP contribution in [0.4, 0.5) is 0 Å². The van der Waals surface area contributed by atoms with Crippen LogP contribution in [-0.2, 0) is 8.85 Å². The first-order chi connectivity index (χ1) is 11.0. The van der Waals surface area contributed by atoms with E-state index in [2.05, 4.69) is 34.6 Å². The van der Waals surface area contributed by atoms with E-state index in [-0.39, 0.29) is 0 Å². The monoisotopic (exact) mass is 340 g/mol. The molecule has 0 aliphatic heterocycles. The molecule has 0 bridgehead atoms. The van der Waals surface area contributed by atoms with Gasteiger partial charge in [-0.25, -0.2) is 0 Å². The minimum absolute atomic E-state index is 0.602. The lowest BCUT2D eigenvalue weighted by molar-refractivity contribution is 0.119. The molecule has 2 saturated carbocycles. The van der Waals surface area contributed by atoms with E-state index in [0.717, 1.165) is 42.6 Å². The van der Waals surface area contributed by atoms with Crippen LogP contribution < -0.4 is 0 Å². The van der Waals surface area contributed by atoms with Crippen LogP contribution in [0.25, 0.3) is 0 Å². The maximum absolute atomic E-state index is 6.85. The third-order valence-corrected chi connectivity index (χ3v) is 10.9. The predicted molar refractivity (Wildman–Crippen MR) is 101 cm³/mol. The van der Waals surface area contributed by atoms with Gasteiger partial charge in [-0.1, -0.05) is 60.3 Å². The Kier molecular flexibility index (Phi) is 7.62. The molecule has 2 aliphatic carbocycles. The molecule has 3 heteroatoms. The first kappa shape index (κ1) is 19.5. The summed E-state index contributed by atoms with van der Waals surface area (Å²) in [5.74, 6) is 2.25. The average Bonchev–Trinajstić information content (AvgIpc) is 2.94. The Bertz CT molecular complexity index is 347. The SMILES string of the molecule is CCCO[Si](OCC(C)C)(C1CCCC(C)C1)C1CCCC1C. The standard InChI is InChI=1S/C20H40O2Si/c1-6-13-21-23(22-15-16(2)3,20-12-8-10-18(20)5)19-11-7-9-17(4)14-19/h16-20H,6-15H2,1-5H3. The van der Waals surface area contributed by atoms with Gasteiger partial charge in [-0.05, 0) is 43.4 Å². The van der Waals surface area contributed by atoms with Gasteiger partial charge < -0.3 is 8.85 Å². The summed E-state index contributed by atoms with van der Waals surface area (Å²) in [4.78, 5) is 0. The molecule has 0 N–H and O–H groups in total. The van der Waals surface area contributed by atoms with Gasteiger partial charge in [0.05, 0.1) is 0 Å². The van der Waals surface area contributed by atoms with Crippen molar-refractivity contribution in [2.24, 2.45) is 17.8 Å². The summed E-state index contributed by atoms with van der Waals surface area (Å²) >= 11 is 0. The topological polar surface area (TPSA) is 18.5 Å². The molecule has 136 valence electrons. The van der Waals surface area contributed by atoms with Gasteiger partial charge in [0.25, 0.3) is 0 Å². The van der Waals surface area contributed by atoms with Crippen molar-refractivity contribution in [1.82, 2.24) is 0 Å². The van der Waals surface area contributed by atoms with E-state index >= 15 is 0 Å². The largest absolute Gasteiger partial charge is 0.394 e. The zero-order valence-electron chi connectivity index (χ0n) is 16.3. The Morgan fingerprint density at radius 3 is 2.30 bits per heavy atom. The van der Waals surface area contributed by atoms with Crippen molar-refractivity contribution in [1.29, 1.82) is 0 Å². The van der Waals surface area contributed by atoms with Crippen molar-refractivity contribution in [2.45, 2.75) is 97.1 Å². The van der Waals surface area contributed by atoms with Crippen molar-refractivity contribution < 1.29 is 8.85 Å². The molecule has 0 amide bonds. The molecule has 2 aliphatic rings. The molecule has 0 aromatic rings. The van der Waals surface area contributed by atoms with Crippen molar-refractivity contribution >= 4 is 8.56 Å². The van der Waals surface area contributed by atoms with E-state index in [1.807, 2.05) is 0 Å². The van der Waals surface area contributed by atoms with E-state index in [1.54, 1.807) is 0 Å². The molecule has 0 aromatic carbocycles. The molecular formula is C20H40O2Si. The summed E-state index contributed by atoms with van der Waals surface area (Å²) in [6.45, 7) is 13.5. The van der Waals surface area contributed by atoms with Crippen LogP contribution in [0.2, 0.25) is 11.1 Å². The highest BCUT2D eigenvalue weighted by molar-refractivity contribution is 6.70. The molecule has 0 spiro atoms. The average molecular weight is 341 g/mol. The summed E-state index contributed by atoms with van der Waals surface area (Å²) in [7, 11) is -2.15. The molecule has 0 saturated heterocycles. The smallest absolute Gasteiger partial charge is 0.344 e. The van der Waals surface area contributed by atoms with Crippen LogP contribution in [0.15, 0.2) is 0 Å². The molecule has 2 nitrogen and oxygen atoms in total. The zero-order chi connectivity index (χ0) is 16.9. The summed E-state index contributed by atoms with van der Waals surface area (Å²) < 4.78 is 13.6. The molecule has 0 heterocycles. The molecular weight excluding hydrogens is 300 g/mol. The summed E-state index contributed by atoms with van der Waals surface area (Å²) in [5.41, 5.74) is 1.45. The zero-order valence-corrected chi connectivity index (χ0v) is 17.3. The third-order valence-electron chi connectivity index (χ3n) is 6.06. The van der Waals surface area contributed by atoms with Gasteiger partial charge in [-0.15, -0.1) is 0 Å². The second kappa shape index (κ2) is 9.01. The molecule has 2 fully saturated rings. The molecule has 5 atom stereocenters. The molecule has 0 radical (unpaired) electrons. The highest BCUT2D eigenvalue weighted by Crippen LogP contribution is 2.53. The molecule has 0 aromatic heterocycles. The van der Waals surface area contributed by atoms with Gasteiger partial charge in [0.15, 0.2) is 0 Å². The van der Waals surface area contributed by atoms with E-state index in [1.165, 1.54) is 44.9 Å². The van der Waals surface area contributed by atoms with Crippen LogP contribution in [0.1, 0.15) is 86.0 Å². The van der Waals surface area contributed by atoms with Crippen molar-refractivity contribution in [3.8, 4) is 0 Å². The fourth-order valence-electron chi connectivity index (χ4n) is 4.90. The predicted octanol–water partition coefficient (Wildman–Crippen LogP) is 6.30. The third kappa shape index (κ3) is 4.82. The first-order valence-corrected chi connectivity index (χ1v) is 12.2. The van der Waals surface area contributed by atoms with Crippen LogP contribution in [0, 0.1) is 17.8 Å². The van der Waals surface area contributed by atoms with Gasteiger partial charge in [-0.2, -0.15) is 0 Å². The van der Waals surface area contributed by atoms with Crippen molar-refractivity contribution in [3.63, 3.8) is 0 Å². The second-order valence-corrected chi connectivity index (χ2v) is 12.3. The minimum Gasteiger partial charge on any atom is -0.394 e. The van der Waals surface area contributed by atoms with Gasteiger partial charge in [-0.3, -0.25) is 0 Å². The summed E-state index contributed by atoms with van der Waals surface area (Å²) in [6.07, 6.45) is 10.7. The number of rotatable bonds is 8. The first-order valence-electron chi connectivity index (χ1n) is 10.3. The van der Waals surface area contributed by atoms with Gasteiger partial charge >= 0.3 is 8.56 Å². The fourth-order valence-corrected chi connectivity index (χ4v) is 10.5. The van der Waals surface area contributed by atoms with E-state index in [4.69, 9.17) is 8.85 Å². The Labute approximate surface area is 146 Å². The van der Waals surface area contributed by atoms with Crippen LogP contribution >= 0.6 is 0 Å². The maximum atomic E-state index is 6.85. The second-order valence-electron chi connectivity index (χ2n) is 8.76. The Balaban J connectivity index is 2.26. The molecule has 2 rings (SSSR count). The molecule has 23 heavy (non-hydrogen) atoms. The summed E-state index contributed by atoms with van der Waals surface area (Å²) in [5, 5.41) is 0. The molecule has 5 unspecified atom stereocenters. The Morgan fingerprint density at radius 1 is 1.00 bits per heavy atom. The van der Waals surface area contributed by atoms with Crippen molar-refractivity contribution in [3.05, 3.63) is 0 Å². The maximum Gasteiger partial charge on any atom is 0.344 e. The van der Waals surface area contributed by atoms with Gasteiger partial charge in [0, 0.05) is 24.3 Å². The normalized spacial score (nSPS) is 34.7. The Hall–Kier alpha value is 0.137. The van der Waals surface area contributed by atoms with Crippen LogP contribution in [0.5, 0.6) is 0 Å². The minimum atomic E-state index is -2.15. The van der Waals surface area contributed by atoms with E-state index in [0.29, 0.717) is 5.92 Å². The lowest BCUT2D eigenvalue weighted by Crippen LogP contribution is -2.53. The lowest BCUT2D eigenvalue weighted by Gasteiger charge is -2.46. The van der Waals surface area contributed by atoms with Gasteiger partial charge in [0.1, 0.15) is 0 Å².